The van der Waals surface area contributed by atoms with Gasteiger partial charge in [0.05, 0.1) is 0 Å². The van der Waals surface area contributed by atoms with E-state index in [1.165, 1.54) is 0 Å². The Labute approximate surface area is 99.0 Å². The second-order valence-corrected chi connectivity index (χ2v) is 3.37. The van der Waals surface area contributed by atoms with Gasteiger partial charge in [-0.2, -0.15) is 0 Å². The van der Waals surface area contributed by atoms with Crippen LogP contribution in [0, 0.1) is 23.3 Å². The fourth-order valence-corrected chi connectivity index (χ4v) is 1.22. The summed E-state index contributed by atoms with van der Waals surface area (Å²) in [6.45, 7) is 1.91. The summed E-state index contributed by atoms with van der Waals surface area (Å²) in [7, 11) is 0. The van der Waals surface area contributed by atoms with E-state index in [0.29, 0.717) is 0 Å². The number of hydrogen-bond acceptors (Lipinski definition) is 2. The lowest BCUT2D eigenvalue weighted by atomic mass is 10.2. The molecule has 98 valence electrons. The minimum absolute atomic E-state index is 0.842. The van der Waals surface area contributed by atoms with Crippen LogP contribution in [0.5, 0.6) is 0 Å². The number of carbonyl (C=O) groups is 2. The van der Waals surface area contributed by atoms with Crippen molar-refractivity contribution in [3.05, 3.63) is 23.3 Å². The molecule has 0 aliphatic rings. The molecular weight excluding hydrogens is 256 g/mol. The van der Waals surface area contributed by atoms with Gasteiger partial charge in [-0.25, -0.2) is 17.6 Å². The van der Waals surface area contributed by atoms with E-state index in [1.807, 2.05) is 0 Å². The monoisotopic (exact) mass is 264 g/mol. The zero-order chi connectivity index (χ0) is 14.0. The molecule has 0 atom stereocenters. The molecule has 18 heavy (non-hydrogen) atoms. The molecule has 8 heteroatoms. The molecule has 0 radical (unpaired) electrons. The highest BCUT2D eigenvalue weighted by Gasteiger charge is 2.26. The first-order valence-corrected chi connectivity index (χ1v) is 4.66. The van der Waals surface area contributed by atoms with Crippen molar-refractivity contribution in [3.63, 3.8) is 0 Å². The van der Waals surface area contributed by atoms with E-state index in [0.717, 1.165) is 13.8 Å². The molecule has 0 saturated heterocycles. The lowest BCUT2D eigenvalue weighted by Crippen LogP contribution is -2.17. The Bertz CT molecular complexity index is 484. The standard InChI is InChI=1S/C10H8F4N2O2/c1-3(17)15-9-7(13)5(11)6(12)8(14)10(9)16-4(2)18/h1-2H3,(H,15,17)(H,16,18). The Morgan fingerprint density at radius 1 is 0.722 bits per heavy atom. The number of hydrogen-bond donors (Lipinski definition) is 2. The molecule has 1 aromatic carbocycles. The van der Waals surface area contributed by atoms with Crippen LogP contribution in [0.1, 0.15) is 13.8 Å². The highest BCUT2D eigenvalue weighted by atomic mass is 19.2. The summed E-state index contributed by atoms with van der Waals surface area (Å²) < 4.78 is 52.7. The molecule has 1 rings (SSSR count). The maximum atomic E-state index is 13.4. The number of rotatable bonds is 2. The van der Waals surface area contributed by atoms with Crippen molar-refractivity contribution in [3.8, 4) is 0 Å². The molecule has 0 heterocycles. The van der Waals surface area contributed by atoms with Crippen molar-refractivity contribution in [2.24, 2.45) is 0 Å². The number of nitrogens with one attached hydrogen (secondary N) is 2. The molecule has 2 N–H and O–H groups in total. The van der Waals surface area contributed by atoms with E-state index in [1.54, 1.807) is 10.6 Å². The molecule has 0 aliphatic heterocycles. The fraction of sp³-hybridized carbons (Fsp3) is 0.200. The molecule has 0 unspecified atom stereocenters. The molecule has 2 amide bonds. The van der Waals surface area contributed by atoms with E-state index >= 15 is 0 Å². The van der Waals surface area contributed by atoms with Gasteiger partial charge in [0.2, 0.25) is 11.8 Å². The third kappa shape index (κ3) is 2.58. The average molecular weight is 264 g/mol. The first kappa shape index (κ1) is 13.9. The van der Waals surface area contributed by atoms with Gasteiger partial charge in [-0.05, 0) is 0 Å². The van der Waals surface area contributed by atoms with Crippen LogP contribution in [0.3, 0.4) is 0 Å². The van der Waals surface area contributed by atoms with Gasteiger partial charge in [0.25, 0.3) is 0 Å². The summed E-state index contributed by atoms with van der Waals surface area (Å²) in [5.74, 6) is -9.44. The van der Waals surface area contributed by atoms with Crippen LogP contribution in [0.25, 0.3) is 0 Å². The SMILES string of the molecule is CC(=O)Nc1c(F)c(F)c(F)c(F)c1NC(C)=O. The number of benzene rings is 1. The minimum Gasteiger partial charge on any atom is -0.322 e. The third-order valence-electron chi connectivity index (χ3n) is 1.87. The van der Waals surface area contributed by atoms with Gasteiger partial charge in [0.15, 0.2) is 23.3 Å². The highest BCUT2D eigenvalue weighted by molar-refractivity contribution is 5.98. The molecule has 0 fully saturated rings. The van der Waals surface area contributed by atoms with Crippen molar-refractivity contribution >= 4 is 23.2 Å². The van der Waals surface area contributed by atoms with Crippen LogP contribution in [0.2, 0.25) is 0 Å². The van der Waals surface area contributed by atoms with Gasteiger partial charge in [-0.1, -0.05) is 0 Å². The van der Waals surface area contributed by atoms with Crippen molar-refractivity contribution in [1.82, 2.24) is 0 Å². The fourth-order valence-electron chi connectivity index (χ4n) is 1.22. The van der Waals surface area contributed by atoms with E-state index in [2.05, 4.69) is 0 Å². The summed E-state index contributed by atoms with van der Waals surface area (Å²) in [6.07, 6.45) is 0. The van der Waals surface area contributed by atoms with E-state index < -0.39 is 46.5 Å². The summed E-state index contributed by atoms with van der Waals surface area (Å²) in [5, 5.41) is 3.56. The highest BCUT2D eigenvalue weighted by Crippen LogP contribution is 2.32. The normalized spacial score (nSPS) is 10.1. The quantitative estimate of drug-likeness (QED) is 0.488. The molecule has 0 aromatic heterocycles. The molecule has 0 bridgehead atoms. The lowest BCUT2D eigenvalue weighted by Gasteiger charge is -2.13. The summed E-state index contributed by atoms with van der Waals surface area (Å²) in [4.78, 5) is 21.6. The molecule has 0 spiro atoms. The largest absolute Gasteiger partial charge is 0.322 e. The Balaban J connectivity index is 3.52. The maximum absolute atomic E-state index is 13.4. The van der Waals surface area contributed by atoms with Crippen LogP contribution >= 0.6 is 0 Å². The van der Waals surface area contributed by atoms with Gasteiger partial charge in [-0.3, -0.25) is 9.59 Å². The Kier molecular flexibility index (Phi) is 3.89. The van der Waals surface area contributed by atoms with Crippen LogP contribution in [0.15, 0.2) is 0 Å². The topological polar surface area (TPSA) is 58.2 Å². The molecule has 0 aliphatic carbocycles. The zero-order valence-corrected chi connectivity index (χ0v) is 9.33. The Hall–Kier alpha value is -2.12. The molecular formula is C10H8F4N2O2. The summed E-state index contributed by atoms with van der Waals surface area (Å²) >= 11 is 0. The minimum atomic E-state index is -2.08. The van der Waals surface area contributed by atoms with Gasteiger partial charge < -0.3 is 10.6 Å². The van der Waals surface area contributed by atoms with Crippen molar-refractivity contribution in [2.75, 3.05) is 10.6 Å². The second-order valence-electron chi connectivity index (χ2n) is 3.37. The van der Waals surface area contributed by atoms with Crippen LogP contribution in [0.4, 0.5) is 28.9 Å². The van der Waals surface area contributed by atoms with E-state index in [9.17, 15) is 27.2 Å². The average Bonchev–Trinajstić information content (AvgIpc) is 2.27. The van der Waals surface area contributed by atoms with E-state index in [4.69, 9.17) is 0 Å². The number of halogens is 4. The van der Waals surface area contributed by atoms with Gasteiger partial charge in [0.1, 0.15) is 11.4 Å². The van der Waals surface area contributed by atoms with Crippen molar-refractivity contribution in [2.45, 2.75) is 13.8 Å². The summed E-state index contributed by atoms with van der Waals surface area (Å²) in [6, 6.07) is 0. The van der Waals surface area contributed by atoms with E-state index in [-0.39, 0.29) is 0 Å². The first-order chi connectivity index (χ1) is 8.25. The Morgan fingerprint density at radius 3 is 1.22 bits per heavy atom. The summed E-state index contributed by atoms with van der Waals surface area (Å²) in [5.41, 5.74) is -1.93. The van der Waals surface area contributed by atoms with Crippen LogP contribution in [-0.2, 0) is 9.59 Å². The molecule has 0 saturated carbocycles. The van der Waals surface area contributed by atoms with Crippen molar-refractivity contribution < 1.29 is 27.2 Å². The number of carbonyl (C=O) groups excluding carboxylic acids is 2. The van der Waals surface area contributed by atoms with Crippen LogP contribution in [-0.4, -0.2) is 11.8 Å². The Morgan fingerprint density at radius 2 is 1.00 bits per heavy atom. The van der Waals surface area contributed by atoms with Crippen molar-refractivity contribution in [1.29, 1.82) is 0 Å². The zero-order valence-electron chi connectivity index (χ0n) is 9.33. The third-order valence-corrected chi connectivity index (χ3v) is 1.87. The lowest BCUT2D eigenvalue weighted by molar-refractivity contribution is -0.115. The second kappa shape index (κ2) is 5.03. The predicted octanol–water partition coefficient (Wildman–Crippen LogP) is 2.16. The van der Waals surface area contributed by atoms with Gasteiger partial charge in [-0.15, -0.1) is 0 Å². The first-order valence-electron chi connectivity index (χ1n) is 4.66. The van der Waals surface area contributed by atoms with Gasteiger partial charge in [0, 0.05) is 13.8 Å². The molecule has 1 aromatic rings. The van der Waals surface area contributed by atoms with Crippen LogP contribution < -0.4 is 10.6 Å². The van der Waals surface area contributed by atoms with Gasteiger partial charge >= 0.3 is 0 Å². The number of anilines is 2. The predicted molar refractivity (Wildman–Crippen MR) is 54.9 cm³/mol. The number of amides is 2. The maximum Gasteiger partial charge on any atom is 0.221 e. The smallest absolute Gasteiger partial charge is 0.221 e. The molecule has 4 nitrogen and oxygen atoms in total.